The second-order valence-corrected chi connectivity index (χ2v) is 6.74. The molecule has 0 radical (unpaired) electrons. The summed E-state index contributed by atoms with van der Waals surface area (Å²) in [6, 6.07) is 18.6. The van der Waals surface area contributed by atoms with Crippen molar-refractivity contribution in [3.63, 3.8) is 0 Å². The summed E-state index contributed by atoms with van der Waals surface area (Å²) in [4.78, 5) is 25.8. The molecular formula is C22H23N3O4. The van der Waals surface area contributed by atoms with Crippen LogP contribution >= 0.6 is 0 Å². The molecule has 3 rings (SSSR count). The van der Waals surface area contributed by atoms with Gasteiger partial charge in [-0.25, -0.2) is 4.79 Å². The van der Waals surface area contributed by atoms with Crippen LogP contribution in [0.3, 0.4) is 0 Å². The number of nitriles is 1. The van der Waals surface area contributed by atoms with E-state index in [-0.39, 0.29) is 6.61 Å². The molecule has 0 aliphatic carbocycles. The van der Waals surface area contributed by atoms with Gasteiger partial charge in [0.1, 0.15) is 6.04 Å². The molecule has 150 valence electrons. The molecule has 0 bridgehead atoms. The molecular weight excluding hydrogens is 370 g/mol. The fourth-order valence-electron chi connectivity index (χ4n) is 3.09. The van der Waals surface area contributed by atoms with Crippen LogP contribution in [-0.4, -0.2) is 42.7 Å². The number of nitrogens with zero attached hydrogens (tertiary/aromatic N) is 2. The van der Waals surface area contributed by atoms with E-state index in [1.54, 1.807) is 4.90 Å². The minimum atomic E-state index is -0.813. The zero-order valence-corrected chi connectivity index (χ0v) is 16.0. The molecule has 1 atom stereocenters. The summed E-state index contributed by atoms with van der Waals surface area (Å²) in [7, 11) is 0. The van der Waals surface area contributed by atoms with Crippen LogP contribution in [0.2, 0.25) is 0 Å². The van der Waals surface area contributed by atoms with Crippen molar-refractivity contribution >= 4 is 12.0 Å². The molecule has 1 aliphatic rings. The molecule has 2 aromatic carbocycles. The highest BCUT2D eigenvalue weighted by molar-refractivity contribution is 5.80. The van der Waals surface area contributed by atoms with E-state index in [2.05, 4.69) is 5.32 Å². The third kappa shape index (κ3) is 6.06. The molecule has 7 nitrogen and oxygen atoms in total. The summed E-state index contributed by atoms with van der Waals surface area (Å²) in [5.41, 5.74) is 3.29. The van der Waals surface area contributed by atoms with E-state index in [0.29, 0.717) is 19.7 Å². The van der Waals surface area contributed by atoms with Crippen molar-refractivity contribution in [3.05, 3.63) is 71.3 Å². The van der Waals surface area contributed by atoms with Crippen LogP contribution in [0.25, 0.3) is 0 Å². The average Bonchev–Trinajstić information content (AvgIpc) is 2.77. The molecule has 1 N–H and O–H groups in total. The quantitative estimate of drug-likeness (QED) is 0.780. The van der Waals surface area contributed by atoms with Gasteiger partial charge in [-0.2, -0.15) is 5.26 Å². The van der Waals surface area contributed by atoms with Crippen molar-refractivity contribution in [2.75, 3.05) is 19.8 Å². The molecule has 2 amide bonds. The second-order valence-electron chi connectivity index (χ2n) is 6.74. The number of carbonyl (C=O) groups excluding carboxylic acids is 2. The molecule has 29 heavy (non-hydrogen) atoms. The summed E-state index contributed by atoms with van der Waals surface area (Å²) in [5, 5.41) is 11.7. The van der Waals surface area contributed by atoms with Crippen molar-refractivity contribution in [2.45, 2.75) is 25.6 Å². The Morgan fingerprint density at radius 2 is 1.83 bits per heavy atom. The highest BCUT2D eigenvalue weighted by Crippen LogP contribution is 2.18. The first-order chi connectivity index (χ1) is 14.2. The van der Waals surface area contributed by atoms with Gasteiger partial charge in [0.15, 0.2) is 6.61 Å². The average molecular weight is 393 g/mol. The van der Waals surface area contributed by atoms with E-state index in [9.17, 15) is 14.9 Å². The zero-order chi connectivity index (χ0) is 20.5. The number of ether oxygens (including phenoxy) is 2. The first-order valence-electron chi connectivity index (χ1n) is 9.45. The molecule has 0 aromatic heterocycles. The first kappa shape index (κ1) is 20.4. The lowest BCUT2D eigenvalue weighted by Gasteiger charge is -2.28. The van der Waals surface area contributed by atoms with E-state index in [0.717, 1.165) is 17.5 Å². The van der Waals surface area contributed by atoms with Gasteiger partial charge in [0.05, 0.1) is 19.3 Å². The third-order valence-corrected chi connectivity index (χ3v) is 4.60. The van der Waals surface area contributed by atoms with Crippen LogP contribution in [-0.2, 0) is 33.8 Å². The molecule has 0 fully saturated rings. The van der Waals surface area contributed by atoms with Crippen LogP contribution in [0.4, 0.5) is 4.79 Å². The van der Waals surface area contributed by atoms with Gasteiger partial charge >= 0.3 is 6.09 Å². The van der Waals surface area contributed by atoms with Crippen LogP contribution in [0.15, 0.2) is 54.6 Å². The van der Waals surface area contributed by atoms with E-state index in [1.807, 2.05) is 60.7 Å². The molecule has 1 heterocycles. The largest absolute Gasteiger partial charge is 0.439 e. The number of rotatable bonds is 7. The number of hydrogen-bond acceptors (Lipinski definition) is 5. The van der Waals surface area contributed by atoms with Crippen LogP contribution in [0.1, 0.15) is 16.7 Å². The number of amides is 2. The third-order valence-electron chi connectivity index (χ3n) is 4.60. The summed E-state index contributed by atoms with van der Waals surface area (Å²) in [6.45, 7) is 0.971. The van der Waals surface area contributed by atoms with Gasteiger partial charge in [-0.05, 0) is 23.1 Å². The maximum atomic E-state index is 12.2. The molecule has 2 aromatic rings. The van der Waals surface area contributed by atoms with E-state index in [1.165, 1.54) is 5.56 Å². The molecule has 0 unspecified atom stereocenters. The van der Waals surface area contributed by atoms with Gasteiger partial charge in [-0.3, -0.25) is 4.79 Å². The highest BCUT2D eigenvalue weighted by Gasteiger charge is 2.22. The summed E-state index contributed by atoms with van der Waals surface area (Å²) >= 11 is 0. The summed E-state index contributed by atoms with van der Waals surface area (Å²) in [6.07, 6.45) is 0.218. The van der Waals surface area contributed by atoms with Crippen LogP contribution in [0, 0.1) is 11.3 Å². The van der Waals surface area contributed by atoms with Gasteiger partial charge in [0.2, 0.25) is 0 Å². The maximum absolute atomic E-state index is 12.2. The molecule has 0 saturated carbocycles. The number of carbonyl (C=O) groups is 2. The number of benzene rings is 2. The fourth-order valence-corrected chi connectivity index (χ4v) is 3.09. The standard InChI is InChI=1S/C22H23N3O4/c23-12-20(15-28-14-17-6-2-1-3-7-17)24-21(26)16-29-22(27)25-11-10-18-8-4-5-9-19(18)13-25/h1-9,20H,10-11,13-16H2,(H,24,26)/t20-/m1/s1. The molecule has 1 aliphatic heterocycles. The minimum Gasteiger partial charge on any atom is -0.439 e. The van der Waals surface area contributed by atoms with Gasteiger partial charge in [-0.1, -0.05) is 54.6 Å². The predicted molar refractivity (Wildman–Crippen MR) is 106 cm³/mol. The first-order valence-corrected chi connectivity index (χ1v) is 9.45. The van der Waals surface area contributed by atoms with Gasteiger partial charge in [-0.15, -0.1) is 0 Å². The minimum absolute atomic E-state index is 0.0496. The van der Waals surface area contributed by atoms with Crippen LogP contribution < -0.4 is 5.32 Å². The van der Waals surface area contributed by atoms with Gasteiger partial charge in [0.25, 0.3) is 5.91 Å². The van der Waals surface area contributed by atoms with Gasteiger partial charge in [0, 0.05) is 13.1 Å². The second kappa shape index (κ2) is 10.2. The Balaban J connectivity index is 1.38. The van der Waals surface area contributed by atoms with Crippen molar-refractivity contribution in [1.82, 2.24) is 10.2 Å². The SMILES string of the molecule is N#C[C@H](COCc1ccccc1)NC(=O)COC(=O)N1CCc2ccccc2C1. The number of fused-ring (bicyclic) bond motifs is 1. The monoisotopic (exact) mass is 393 g/mol. The smallest absolute Gasteiger partial charge is 0.410 e. The topological polar surface area (TPSA) is 91.7 Å². The lowest BCUT2D eigenvalue weighted by Crippen LogP contribution is -2.42. The Hall–Kier alpha value is -3.37. The summed E-state index contributed by atoms with van der Waals surface area (Å²) in [5.74, 6) is -0.536. The lowest BCUT2D eigenvalue weighted by molar-refractivity contribution is -0.125. The van der Waals surface area contributed by atoms with E-state index < -0.39 is 24.6 Å². The number of hydrogen-bond donors (Lipinski definition) is 1. The van der Waals surface area contributed by atoms with Crippen LogP contribution in [0.5, 0.6) is 0 Å². The Morgan fingerprint density at radius 1 is 1.10 bits per heavy atom. The Morgan fingerprint density at radius 3 is 2.59 bits per heavy atom. The molecule has 0 saturated heterocycles. The van der Waals surface area contributed by atoms with Crippen molar-refractivity contribution in [1.29, 1.82) is 5.26 Å². The molecule has 7 heteroatoms. The lowest BCUT2D eigenvalue weighted by atomic mass is 10.0. The Kier molecular flexibility index (Phi) is 7.20. The zero-order valence-electron chi connectivity index (χ0n) is 16.0. The normalized spacial score (nSPS) is 13.7. The highest BCUT2D eigenvalue weighted by atomic mass is 16.6. The molecule has 0 spiro atoms. The van der Waals surface area contributed by atoms with Gasteiger partial charge < -0.3 is 19.7 Å². The predicted octanol–water partition coefficient (Wildman–Crippen LogP) is 2.41. The Bertz CT molecular complexity index is 879. The number of nitrogens with one attached hydrogen (secondary N) is 1. The van der Waals surface area contributed by atoms with Crippen molar-refractivity contribution in [2.24, 2.45) is 0 Å². The van der Waals surface area contributed by atoms with E-state index >= 15 is 0 Å². The van der Waals surface area contributed by atoms with Crippen molar-refractivity contribution in [3.8, 4) is 6.07 Å². The maximum Gasteiger partial charge on any atom is 0.410 e. The summed E-state index contributed by atoms with van der Waals surface area (Å²) < 4.78 is 10.6. The Labute approximate surface area is 169 Å². The van der Waals surface area contributed by atoms with Crippen molar-refractivity contribution < 1.29 is 19.1 Å². The fraction of sp³-hybridized carbons (Fsp3) is 0.318. The van der Waals surface area contributed by atoms with E-state index in [4.69, 9.17) is 9.47 Å².